The molecule has 128 valence electrons. The summed E-state index contributed by atoms with van der Waals surface area (Å²) in [6.07, 6.45) is 0.901. The van der Waals surface area contributed by atoms with Crippen molar-refractivity contribution in [1.29, 1.82) is 0 Å². The van der Waals surface area contributed by atoms with E-state index in [9.17, 15) is 0 Å². The number of benzene rings is 2. The number of ether oxygens (including phenoxy) is 2. The number of nitrogens with zero attached hydrogens (tertiary/aromatic N) is 1. The Morgan fingerprint density at radius 2 is 1.71 bits per heavy atom. The minimum atomic E-state index is 0.673. The molecule has 2 N–H and O–H groups in total. The van der Waals surface area contributed by atoms with Crippen LogP contribution in [0.4, 0.5) is 0 Å². The highest BCUT2D eigenvalue weighted by Crippen LogP contribution is 2.11. The third-order valence-electron chi connectivity index (χ3n) is 3.47. The van der Waals surface area contributed by atoms with Gasteiger partial charge in [-0.15, -0.1) is 0 Å². The molecule has 0 saturated heterocycles. The smallest absolute Gasteiger partial charge is 0.191 e. The topological polar surface area (TPSA) is 54.9 Å². The lowest BCUT2D eigenvalue weighted by atomic mass is 10.2. The van der Waals surface area contributed by atoms with Gasteiger partial charge in [-0.05, 0) is 36.2 Å². The highest BCUT2D eigenvalue weighted by Gasteiger charge is 1.99. The normalized spacial score (nSPS) is 11.0. The molecule has 0 amide bonds. The predicted molar refractivity (Wildman–Crippen MR) is 97.7 cm³/mol. The van der Waals surface area contributed by atoms with Crippen LogP contribution in [0.3, 0.4) is 0 Å². The number of methoxy groups -OCH3 is 1. The minimum Gasteiger partial charge on any atom is -0.497 e. The van der Waals surface area contributed by atoms with Gasteiger partial charge >= 0.3 is 0 Å². The van der Waals surface area contributed by atoms with E-state index in [0.717, 1.165) is 30.4 Å². The zero-order chi connectivity index (χ0) is 17.0. The summed E-state index contributed by atoms with van der Waals surface area (Å²) >= 11 is 0. The van der Waals surface area contributed by atoms with Gasteiger partial charge in [-0.3, -0.25) is 4.99 Å². The van der Waals surface area contributed by atoms with Crippen molar-refractivity contribution in [2.45, 2.75) is 13.0 Å². The summed E-state index contributed by atoms with van der Waals surface area (Å²) in [6, 6.07) is 17.8. The first-order valence-corrected chi connectivity index (χ1v) is 8.07. The number of aliphatic imine (C=N–C) groups is 1. The molecule has 0 spiro atoms. The fraction of sp³-hybridized carbons (Fsp3) is 0.316. The molecule has 0 aliphatic rings. The van der Waals surface area contributed by atoms with Crippen molar-refractivity contribution < 1.29 is 9.47 Å². The van der Waals surface area contributed by atoms with E-state index < -0.39 is 0 Å². The van der Waals surface area contributed by atoms with Gasteiger partial charge in [0.25, 0.3) is 0 Å². The monoisotopic (exact) mass is 327 g/mol. The first-order chi connectivity index (χ1) is 11.8. The Balaban J connectivity index is 1.63. The van der Waals surface area contributed by atoms with Crippen LogP contribution in [0.15, 0.2) is 59.6 Å². The van der Waals surface area contributed by atoms with Gasteiger partial charge in [0.2, 0.25) is 0 Å². The second-order valence-electron chi connectivity index (χ2n) is 5.22. The lowest BCUT2D eigenvalue weighted by Crippen LogP contribution is -2.37. The highest BCUT2D eigenvalue weighted by atomic mass is 16.5. The van der Waals surface area contributed by atoms with E-state index in [1.165, 1.54) is 5.56 Å². The number of rotatable bonds is 8. The summed E-state index contributed by atoms with van der Waals surface area (Å²) in [7, 11) is 3.43. The van der Waals surface area contributed by atoms with E-state index in [1.54, 1.807) is 14.2 Å². The number of hydrogen-bond donors (Lipinski definition) is 2. The van der Waals surface area contributed by atoms with Gasteiger partial charge in [0, 0.05) is 20.1 Å². The van der Waals surface area contributed by atoms with Crippen molar-refractivity contribution in [2.24, 2.45) is 4.99 Å². The van der Waals surface area contributed by atoms with E-state index in [1.807, 2.05) is 54.6 Å². The molecule has 2 aromatic rings. The Hall–Kier alpha value is -2.69. The maximum Gasteiger partial charge on any atom is 0.191 e. The van der Waals surface area contributed by atoms with Crippen LogP contribution in [0.1, 0.15) is 12.0 Å². The molecule has 0 atom stereocenters. The van der Waals surface area contributed by atoms with Crippen LogP contribution >= 0.6 is 0 Å². The van der Waals surface area contributed by atoms with Gasteiger partial charge in [0.15, 0.2) is 5.96 Å². The molecule has 0 aliphatic heterocycles. The second-order valence-corrected chi connectivity index (χ2v) is 5.22. The fourth-order valence-corrected chi connectivity index (χ4v) is 2.14. The van der Waals surface area contributed by atoms with E-state index in [0.29, 0.717) is 13.2 Å². The van der Waals surface area contributed by atoms with E-state index >= 15 is 0 Å². The molecule has 0 unspecified atom stereocenters. The molecule has 2 aromatic carbocycles. The standard InChI is InChI=1S/C19H25N3O2/c1-20-19(22-15-16-9-11-17(23-2)12-10-16)21-13-6-14-24-18-7-4-3-5-8-18/h3-5,7-12H,6,13-15H2,1-2H3,(H2,20,21,22). The first-order valence-electron chi connectivity index (χ1n) is 8.07. The third-order valence-corrected chi connectivity index (χ3v) is 3.47. The van der Waals surface area contributed by atoms with Gasteiger partial charge in [-0.1, -0.05) is 30.3 Å². The third kappa shape index (κ3) is 6.20. The van der Waals surface area contributed by atoms with Crippen LogP contribution in [0, 0.1) is 0 Å². The zero-order valence-electron chi connectivity index (χ0n) is 14.3. The lowest BCUT2D eigenvalue weighted by molar-refractivity contribution is 0.311. The van der Waals surface area contributed by atoms with Crippen LogP contribution in [0.25, 0.3) is 0 Å². The Labute approximate surface area is 143 Å². The molecule has 0 aromatic heterocycles. The van der Waals surface area contributed by atoms with Crippen molar-refractivity contribution in [3.8, 4) is 11.5 Å². The quantitative estimate of drug-likeness (QED) is 0.445. The molecular formula is C19H25N3O2. The van der Waals surface area contributed by atoms with E-state index in [2.05, 4.69) is 15.6 Å². The van der Waals surface area contributed by atoms with Crippen LogP contribution in [0.5, 0.6) is 11.5 Å². The molecule has 2 rings (SSSR count). The highest BCUT2D eigenvalue weighted by molar-refractivity contribution is 5.79. The molecule has 0 radical (unpaired) electrons. The van der Waals surface area contributed by atoms with Gasteiger partial charge in [0.1, 0.15) is 11.5 Å². The lowest BCUT2D eigenvalue weighted by Gasteiger charge is -2.12. The Morgan fingerprint density at radius 1 is 0.958 bits per heavy atom. The van der Waals surface area contributed by atoms with Gasteiger partial charge in [-0.25, -0.2) is 0 Å². The average Bonchev–Trinajstić information content (AvgIpc) is 2.65. The molecule has 0 bridgehead atoms. The van der Waals surface area contributed by atoms with Crippen molar-refractivity contribution in [2.75, 3.05) is 27.3 Å². The summed E-state index contributed by atoms with van der Waals surface area (Å²) in [5, 5.41) is 6.57. The Morgan fingerprint density at radius 3 is 2.38 bits per heavy atom. The second kappa shape index (κ2) is 10.2. The van der Waals surface area contributed by atoms with Crippen molar-refractivity contribution >= 4 is 5.96 Å². The average molecular weight is 327 g/mol. The van der Waals surface area contributed by atoms with Crippen LogP contribution < -0.4 is 20.1 Å². The number of para-hydroxylation sites is 1. The molecular weight excluding hydrogens is 302 g/mol. The van der Waals surface area contributed by atoms with Crippen LogP contribution in [0.2, 0.25) is 0 Å². The van der Waals surface area contributed by atoms with E-state index in [4.69, 9.17) is 9.47 Å². The van der Waals surface area contributed by atoms with Gasteiger partial charge in [0.05, 0.1) is 13.7 Å². The summed E-state index contributed by atoms with van der Waals surface area (Å²) in [5.41, 5.74) is 1.17. The maximum absolute atomic E-state index is 5.66. The Bertz CT molecular complexity index is 612. The number of nitrogens with one attached hydrogen (secondary N) is 2. The van der Waals surface area contributed by atoms with Gasteiger partial charge < -0.3 is 20.1 Å². The number of guanidine groups is 1. The fourth-order valence-electron chi connectivity index (χ4n) is 2.14. The van der Waals surface area contributed by atoms with Gasteiger partial charge in [-0.2, -0.15) is 0 Å². The largest absolute Gasteiger partial charge is 0.497 e. The summed E-state index contributed by atoms with van der Waals surface area (Å²) in [4.78, 5) is 4.22. The molecule has 5 nitrogen and oxygen atoms in total. The summed E-state index contributed by atoms with van der Waals surface area (Å²) in [6.45, 7) is 2.19. The number of hydrogen-bond acceptors (Lipinski definition) is 3. The van der Waals surface area contributed by atoms with Crippen LogP contribution in [-0.2, 0) is 6.54 Å². The maximum atomic E-state index is 5.66. The first kappa shape index (κ1) is 17.7. The minimum absolute atomic E-state index is 0.673. The molecule has 24 heavy (non-hydrogen) atoms. The predicted octanol–water partition coefficient (Wildman–Crippen LogP) is 2.83. The molecule has 0 heterocycles. The molecule has 0 fully saturated rings. The van der Waals surface area contributed by atoms with Crippen molar-refractivity contribution in [1.82, 2.24) is 10.6 Å². The molecule has 0 saturated carbocycles. The van der Waals surface area contributed by atoms with Crippen molar-refractivity contribution in [3.63, 3.8) is 0 Å². The molecule has 5 heteroatoms. The SMILES string of the molecule is CN=C(NCCCOc1ccccc1)NCc1ccc(OC)cc1. The summed E-state index contributed by atoms with van der Waals surface area (Å²) in [5.74, 6) is 2.55. The molecule has 0 aliphatic carbocycles. The summed E-state index contributed by atoms with van der Waals surface area (Å²) < 4.78 is 10.8. The van der Waals surface area contributed by atoms with Crippen molar-refractivity contribution in [3.05, 3.63) is 60.2 Å². The van der Waals surface area contributed by atoms with E-state index in [-0.39, 0.29) is 0 Å². The Kier molecular flexibility index (Phi) is 7.47. The zero-order valence-corrected chi connectivity index (χ0v) is 14.3. The van der Waals surface area contributed by atoms with Crippen LogP contribution in [-0.4, -0.2) is 33.3 Å².